The summed E-state index contributed by atoms with van der Waals surface area (Å²) in [6.07, 6.45) is 3.36. The zero-order valence-electron chi connectivity index (χ0n) is 12.8. The summed E-state index contributed by atoms with van der Waals surface area (Å²) in [5, 5.41) is 2.92. The maximum absolute atomic E-state index is 12.3. The highest BCUT2D eigenvalue weighted by molar-refractivity contribution is 7.89. The van der Waals surface area contributed by atoms with Gasteiger partial charge in [0.25, 0.3) is 0 Å². The smallest absolute Gasteiger partial charge is 0.243 e. The molecule has 1 aliphatic rings. The van der Waals surface area contributed by atoms with Crippen LogP contribution in [0.2, 0.25) is 0 Å². The predicted octanol–water partition coefficient (Wildman–Crippen LogP) is 1.00. The van der Waals surface area contributed by atoms with Crippen molar-refractivity contribution in [2.24, 2.45) is 5.41 Å². The van der Waals surface area contributed by atoms with Crippen molar-refractivity contribution < 1.29 is 13.2 Å². The summed E-state index contributed by atoms with van der Waals surface area (Å²) in [4.78, 5) is 8.04. The van der Waals surface area contributed by atoms with Gasteiger partial charge in [-0.2, -0.15) is 0 Å². The molecule has 1 aromatic rings. The van der Waals surface area contributed by atoms with Gasteiger partial charge in [0.05, 0.1) is 18.5 Å². The van der Waals surface area contributed by atoms with Crippen molar-refractivity contribution in [1.82, 2.24) is 14.7 Å². The van der Waals surface area contributed by atoms with E-state index in [-0.39, 0.29) is 22.5 Å². The number of rotatable bonds is 6. The Kier molecular flexibility index (Phi) is 4.50. The van der Waals surface area contributed by atoms with E-state index in [9.17, 15) is 8.42 Å². The van der Waals surface area contributed by atoms with Crippen LogP contribution in [0.4, 0.5) is 5.95 Å². The van der Waals surface area contributed by atoms with Gasteiger partial charge in [-0.1, -0.05) is 13.8 Å². The van der Waals surface area contributed by atoms with Gasteiger partial charge in [-0.3, -0.25) is 0 Å². The second kappa shape index (κ2) is 5.86. The van der Waals surface area contributed by atoms with Crippen molar-refractivity contribution in [2.75, 3.05) is 19.0 Å². The van der Waals surface area contributed by atoms with E-state index in [0.717, 1.165) is 0 Å². The third kappa shape index (κ3) is 3.17. The number of nitrogens with zero attached hydrogens (tertiary/aromatic N) is 2. The van der Waals surface area contributed by atoms with Crippen molar-refractivity contribution in [3.05, 3.63) is 12.4 Å². The molecule has 1 aliphatic carbocycles. The fraction of sp³-hybridized carbons (Fsp3) is 0.692. The van der Waals surface area contributed by atoms with E-state index in [2.05, 4.69) is 20.0 Å². The van der Waals surface area contributed by atoms with E-state index in [1.165, 1.54) is 12.4 Å². The van der Waals surface area contributed by atoms with Crippen LogP contribution in [0.1, 0.15) is 27.2 Å². The summed E-state index contributed by atoms with van der Waals surface area (Å²) >= 11 is 0. The highest BCUT2D eigenvalue weighted by atomic mass is 32.2. The second-order valence-electron chi connectivity index (χ2n) is 5.73. The molecule has 7 nitrogen and oxygen atoms in total. The number of hydrogen-bond donors (Lipinski definition) is 2. The van der Waals surface area contributed by atoms with Crippen molar-refractivity contribution >= 4 is 16.0 Å². The first-order valence-corrected chi connectivity index (χ1v) is 8.40. The molecule has 0 radical (unpaired) electrons. The van der Waals surface area contributed by atoms with Gasteiger partial charge in [-0.15, -0.1) is 0 Å². The van der Waals surface area contributed by atoms with Crippen LogP contribution >= 0.6 is 0 Å². The van der Waals surface area contributed by atoms with E-state index < -0.39 is 10.0 Å². The van der Waals surface area contributed by atoms with Crippen LogP contribution in [0.3, 0.4) is 0 Å². The molecule has 2 rings (SSSR count). The SMILES string of the molecule is CCNc1ncc(S(=O)(=O)NC2CC(OC)C2(C)C)cn1. The summed E-state index contributed by atoms with van der Waals surface area (Å²) in [6.45, 7) is 6.57. The second-order valence-corrected chi connectivity index (χ2v) is 7.44. The summed E-state index contributed by atoms with van der Waals surface area (Å²) < 4.78 is 32.7. The average molecular weight is 314 g/mol. The standard InChI is InChI=1S/C13H22N4O3S/c1-5-14-12-15-7-9(8-16-12)21(18,19)17-10-6-11(20-4)13(10,2)3/h7-8,10-11,17H,5-6H2,1-4H3,(H,14,15,16). The first-order chi connectivity index (χ1) is 9.81. The van der Waals surface area contributed by atoms with E-state index in [0.29, 0.717) is 18.9 Å². The van der Waals surface area contributed by atoms with E-state index in [1.807, 2.05) is 20.8 Å². The molecule has 1 heterocycles. The molecule has 0 aliphatic heterocycles. The predicted molar refractivity (Wildman–Crippen MR) is 79.5 cm³/mol. The van der Waals surface area contributed by atoms with Gasteiger partial charge in [-0.05, 0) is 13.3 Å². The lowest BCUT2D eigenvalue weighted by Gasteiger charge is -2.50. The van der Waals surface area contributed by atoms with Crippen LogP contribution in [0.15, 0.2) is 17.3 Å². The summed E-state index contributed by atoms with van der Waals surface area (Å²) in [5.74, 6) is 0.417. The van der Waals surface area contributed by atoms with Crippen LogP contribution < -0.4 is 10.0 Å². The quantitative estimate of drug-likeness (QED) is 0.813. The van der Waals surface area contributed by atoms with Gasteiger partial charge >= 0.3 is 0 Å². The minimum absolute atomic E-state index is 0.0672. The molecule has 1 aromatic heterocycles. The topological polar surface area (TPSA) is 93.2 Å². The maximum atomic E-state index is 12.3. The first-order valence-electron chi connectivity index (χ1n) is 6.92. The fourth-order valence-corrected chi connectivity index (χ4v) is 3.74. The lowest BCUT2D eigenvalue weighted by atomic mass is 9.65. The third-order valence-corrected chi connectivity index (χ3v) is 5.46. The van der Waals surface area contributed by atoms with Gasteiger partial charge in [0.1, 0.15) is 4.90 Å². The van der Waals surface area contributed by atoms with Gasteiger partial charge in [-0.25, -0.2) is 23.1 Å². The Balaban J connectivity index is 2.09. The van der Waals surface area contributed by atoms with Gasteiger partial charge in [0.15, 0.2) is 0 Å². The molecular formula is C13H22N4O3S. The van der Waals surface area contributed by atoms with Crippen molar-refractivity contribution in [3.8, 4) is 0 Å². The Labute approximate surface area is 125 Å². The molecule has 2 unspecified atom stereocenters. The van der Waals surface area contributed by atoms with E-state index >= 15 is 0 Å². The number of ether oxygens (including phenoxy) is 1. The third-order valence-electron chi connectivity index (χ3n) is 4.03. The maximum Gasteiger partial charge on any atom is 0.243 e. The number of methoxy groups -OCH3 is 1. The summed E-state index contributed by atoms with van der Waals surface area (Å²) in [6, 6.07) is -0.152. The van der Waals surface area contributed by atoms with Crippen LogP contribution in [-0.4, -0.2) is 44.2 Å². The van der Waals surface area contributed by atoms with Crippen molar-refractivity contribution in [3.63, 3.8) is 0 Å². The monoisotopic (exact) mass is 314 g/mol. The number of hydrogen-bond acceptors (Lipinski definition) is 6. The van der Waals surface area contributed by atoms with Crippen molar-refractivity contribution in [2.45, 2.75) is 44.2 Å². The number of anilines is 1. The molecule has 0 amide bonds. The zero-order valence-corrected chi connectivity index (χ0v) is 13.6. The number of aromatic nitrogens is 2. The summed E-state index contributed by atoms with van der Waals surface area (Å²) in [7, 11) is -1.97. The molecule has 0 spiro atoms. The first kappa shape index (κ1) is 16.1. The van der Waals surface area contributed by atoms with Crippen LogP contribution in [0.25, 0.3) is 0 Å². The Morgan fingerprint density at radius 3 is 2.48 bits per heavy atom. The highest BCUT2D eigenvalue weighted by Crippen LogP contribution is 2.42. The lowest BCUT2D eigenvalue weighted by Crippen LogP contribution is -2.61. The molecule has 2 N–H and O–H groups in total. The molecular weight excluding hydrogens is 292 g/mol. The molecule has 8 heteroatoms. The largest absolute Gasteiger partial charge is 0.381 e. The van der Waals surface area contributed by atoms with Gasteiger partial charge in [0, 0.05) is 25.1 Å². The fourth-order valence-electron chi connectivity index (χ4n) is 2.45. The average Bonchev–Trinajstić information content (AvgIpc) is 2.44. The van der Waals surface area contributed by atoms with Gasteiger partial charge < -0.3 is 10.1 Å². The molecule has 0 bridgehead atoms. The Morgan fingerprint density at radius 2 is 2.00 bits per heavy atom. The van der Waals surface area contributed by atoms with E-state index in [1.54, 1.807) is 7.11 Å². The molecule has 21 heavy (non-hydrogen) atoms. The van der Waals surface area contributed by atoms with Crippen LogP contribution in [0.5, 0.6) is 0 Å². The zero-order chi connectivity index (χ0) is 15.7. The highest BCUT2D eigenvalue weighted by Gasteiger charge is 2.50. The van der Waals surface area contributed by atoms with Gasteiger partial charge in [0.2, 0.25) is 16.0 Å². The Morgan fingerprint density at radius 1 is 1.38 bits per heavy atom. The molecule has 1 saturated carbocycles. The van der Waals surface area contributed by atoms with Crippen LogP contribution in [-0.2, 0) is 14.8 Å². The Hall–Kier alpha value is -1.25. The number of sulfonamides is 1. The molecule has 118 valence electrons. The number of nitrogens with one attached hydrogen (secondary N) is 2. The van der Waals surface area contributed by atoms with E-state index in [4.69, 9.17) is 4.74 Å². The normalized spacial score (nSPS) is 24.4. The molecule has 0 saturated heterocycles. The minimum atomic E-state index is -3.61. The van der Waals surface area contributed by atoms with Crippen LogP contribution in [0, 0.1) is 5.41 Å². The minimum Gasteiger partial charge on any atom is -0.381 e. The molecule has 2 atom stereocenters. The molecule has 0 aromatic carbocycles. The summed E-state index contributed by atoms with van der Waals surface area (Å²) in [5.41, 5.74) is -0.230. The lowest BCUT2D eigenvalue weighted by molar-refractivity contribution is -0.0908. The Bertz CT molecular complexity index is 586. The molecule has 1 fully saturated rings. The van der Waals surface area contributed by atoms with Crippen molar-refractivity contribution in [1.29, 1.82) is 0 Å².